The van der Waals surface area contributed by atoms with Crippen molar-refractivity contribution in [3.05, 3.63) is 90.0 Å². The van der Waals surface area contributed by atoms with E-state index in [1.165, 1.54) is 21.5 Å². The second-order valence-corrected chi connectivity index (χ2v) is 13.3. The van der Waals surface area contributed by atoms with Gasteiger partial charge in [0.05, 0.1) is 0 Å². The van der Waals surface area contributed by atoms with E-state index in [0.29, 0.717) is 0 Å². The van der Waals surface area contributed by atoms with Crippen LogP contribution in [0.25, 0.3) is 0 Å². The lowest BCUT2D eigenvalue weighted by Gasteiger charge is -2.43. The number of benzene rings is 3. The van der Waals surface area contributed by atoms with Crippen molar-refractivity contribution in [2.45, 2.75) is 36.5 Å². The van der Waals surface area contributed by atoms with Gasteiger partial charge in [-0.2, -0.15) is 0 Å². The third-order valence-electron chi connectivity index (χ3n) is 5.11. The molecule has 0 atom stereocenters. The third kappa shape index (κ3) is 4.14. The number of halogens is 2. The molecule has 0 radical (unpaired) electrons. The number of hydrogen-bond donors (Lipinski definition) is 0. The third-order valence-corrected chi connectivity index (χ3v) is 11.3. The summed E-state index contributed by atoms with van der Waals surface area (Å²) < 4.78 is 7.19. The van der Waals surface area contributed by atoms with Crippen molar-refractivity contribution < 1.29 is 4.43 Å². The van der Waals surface area contributed by atoms with Crippen LogP contribution in [-0.2, 0) is 10.7 Å². The second-order valence-electron chi connectivity index (χ2n) is 7.97. The van der Waals surface area contributed by atoms with Crippen LogP contribution in [-0.4, -0.2) is 8.32 Å². The van der Waals surface area contributed by atoms with E-state index in [4.69, 9.17) is 4.43 Å². The Kier molecular flexibility index (Phi) is 6.84. The molecule has 146 valence electrons. The van der Waals surface area contributed by atoms with Crippen molar-refractivity contribution in [1.29, 1.82) is 0 Å². The zero-order valence-corrected chi connectivity index (χ0v) is 20.8. The van der Waals surface area contributed by atoms with Gasteiger partial charge in [0.2, 0.25) is 0 Å². The Morgan fingerprint density at radius 3 is 1.71 bits per heavy atom. The highest BCUT2D eigenvalue weighted by atomic mass is 79.9. The van der Waals surface area contributed by atoms with Gasteiger partial charge in [0.1, 0.15) is 5.75 Å². The van der Waals surface area contributed by atoms with Crippen LogP contribution < -0.4 is 14.8 Å². The summed E-state index contributed by atoms with van der Waals surface area (Å²) in [4.78, 5) is 0. The Labute approximate surface area is 186 Å². The summed E-state index contributed by atoms with van der Waals surface area (Å²) in [6, 6.07) is 28.1. The average molecular weight is 518 g/mol. The molecule has 0 bridgehead atoms. The molecule has 0 saturated carbocycles. The first-order valence-electron chi connectivity index (χ1n) is 9.46. The molecule has 0 amide bonds. The monoisotopic (exact) mass is 516 g/mol. The minimum Gasteiger partial charge on any atom is -0.534 e. The van der Waals surface area contributed by atoms with Crippen molar-refractivity contribution in [3.63, 3.8) is 0 Å². The van der Waals surface area contributed by atoms with Gasteiger partial charge in [0, 0.05) is 16.2 Å². The van der Waals surface area contributed by atoms with Crippen LogP contribution in [0.1, 0.15) is 31.9 Å². The fourth-order valence-electron chi connectivity index (χ4n) is 3.70. The van der Waals surface area contributed by atoms with Crippen LogP contribution in [0.5, 0.6) is 5.75 Å². The fraction of sp³-hybridized carbons (Fsp3) is 0.250. The highest BCUT2D eigenvalue weighted by Gasteiger charge is 2.52. The van der Waals surface area contributed by atoms with Crippen molar-refractivity contribution in [2.24, 2.45) is 0 Å². The summed E-state index contributed by atoms with van der Waals surface area (Å²) in [7, 11) is -2.61. The summed E-state index contributed by atoms with van der Waals surface area (Å²) >= 11 is 7.24. The van der Waals surface area contributed by atoms with Gasteiger partial charge in [-0.25, -0.2) is 0 Å². The molecule has 0 aliphatic carbocycles. The summed E-state index contributed by atoms with van der Waals surface area (Å²) in [6.07, 6.45) is 0. The van der Waals surface area contributed by atoms with E-state index in [-0.39, 0.29) is 5.04 Å². The fourth-order valence-corrected chi connectivity index (χ4v) is 8.96. The lowest BCUT2D eigenvalue weighted by molar-refractivity contribution is 0.504. The Bertz CT molecular complexity index is 865. The molecular formula is C24H26Br2OSi. The molecule has 0 aliphatic rings. The highest BCUT2D eigenvalue weighted by molar-refractivity contribution is 9.08. The molecule has 0 aromatic heterocycles. The summed E-state index contributed by atoms with van der Waals surface area (Å²) in [5.74, 6) is 0.975. The second kappa shape index (κ2) is 8.98. The quantitative estimate of drug-likeness (QED) is 0.271. The first kappa shape index (κ1) is 21.3. The van der Waals surface area contributed by atoms with Gasteiger partial charge < -0.3 is 4.43 Å². The standard InChI is InChI=1S/C24H26Br2OSi/c1-24(2,3)28(21-10-6-4-7-11-21,22-12-8-5-9-13-22)27-23-16-19(17-25)14-15-20(23)18-26/h4-16H,17-18H2,1-3H3. The Hall–Kier alpha value is -1.36. The molecule has 0 aliphatic heterocycles. The molecule has 0 saturated heterocycles. The number of alkyl halides is 2. The van der Waals surface area contributed by atoms with Crippen LogP contribution in [0.2, 0.25) is 5.04 Å². The van der Waals surface area contributed by atoms with Gasteiger partial charge in [0.25, 0.3) is 0 Å². The maximum absolute atomic E-state index is 7.19. The maximum atomic E-state index is 7.19. The van der Waals surface area contributed by atoms with Crippen molar-refractivity contribution in [3.8, 4) is 5.75 Å². The van der Waals surface area contributed by atoms with Crippen molar-refractivity contribution >= 4 is 50.6 Å². The number of rotatable bonds is 6. The molecule has 0 N–H and O–H groups in total. The van der Waals surface area contributed by atoms with E-state index in [0.717, 1.165) is 16.4 Å². The van der Waals surface area contributed by atoms with Gasteiger partial charge in [-0.3, -0.25) is 0 Å². The Morgan fingerprint density at radius 1 is 0.750 bits per heavy atom. The van der Waals surface area contributed by atoms with Crippen LogP contribution >= 0.6 is 31.9 Å². The molecule has 0 fully saturated rings. The molecule has 3 rings (SSSR count). The number of hydrogen-bond acceptors (Lipinski definition) is 1. The smallest absolute Gasteiger partial charge is 0.319 e. The SMILES string of the molecule is CC(C)(C)[Si](Oc1cc(CBr)ccc1CBr)(c1ccccc1)c1ccccc1. The molecule has 0 spiro atoms. The lowest BCUT2D eigenvalue weighted by atomic mass is 10.1. The topological polar surface area (TPSA) is 9.23 Å². The van der Waals surface area contributed by atoms with Gasteiger partial charge in [0.15, 0.2) is 0 Å². The van der Waals surface area contributed by atoms with E-state index in [1.54, 1.807) is 0 Å². The largest absolute Gasteiger partial charge is 0.534 e. The minimum atomic E-state index is -2.61. The van der Waals surface area contributed by atoms with Crippen molar-refractivity contribution in [2.75, 3.05) is 0 Å². The van der Waals surface area contributed by atoms with Crippen LogP contribution in [0, 0.1) is 0 Å². The minimum absolute atomic E-state index is 0.0519. The Balaban J connectivity index is 2.28. The molecule has 0 unspecified atom stereocenters. The zero-order valence-electron chi connectivity index (χ0n) is 16.6. The van der Waals surface area contributed by atoms with E-state index in [2.05, 4.69) is 131 Å². The van der Waals surface area contributed by atoms with E-state index in [1.807, 2.05) is 0 Å². The van der Waals surface area contributed by atoms with Gasteiger partial charge in [-0.15, -0.1) is 0 Å². The molecule has 3 aromatic rings. The van der Waals surface area contributed by atoms with Gasteiger partial charge in [-0.05, 0) is 27.0 Å². The molecule has 3 aromatic carbocycles. The van der Waals surface area contributed by atoms with Gasteiger partial charge in [-0.1, -0.05) is 125 Å². The van der Waals surface area contributed by atoms with E-state index in [9.17, 15) is 0 Å². The van der Waals surface area contributed by atoms with Crippen LogP contribution in [0.4, 0.5) is 0 Å². The predicted molar refractivity (Wildman–Crippen MR) is 130 cm³/mol. The predicted octanol–water partition coefficient (Wildman–Crippen LogP) is 6.42. The van der Waals surface area contributed by atoms with E-state index >= 15 is 0 Å². The van der Waals surface area contributed by atoms with E-state index < -0.39 is 8.32 Å². The lowest BCUT2D eigenvalue weighted by Crippen LogP contribution is -2.68. The summed E-state index contributed by atoms with van der Waals surface area (Å²) in [5, 5.41) is 4.11. The molecule has 4 heteroatoms. The summed E-state index contributed by atoms with van der Waals surface area (Å²) in [6.45, 7) is 6.92. The van der Waals surface area contributed by atoms with Crippen LogP contribution in [0.15, 0.2) is 78.9 Å². The molecule has 0 heterocycles. The van der Waals surface area contributed by atoms with Crippen LogP contribution in [0.3, 0.4) is 0 Å². The first-order valence-corrected chi connectivity index (χ1v) is 13.6. The molecular weight excluding hydrogens is 492 g/mol. The zero-order chi connectivity index (χ0) is 20.2. The maximum Gasteiger partial charge on any atom is 0.319 e. The molecule has 28 heavy (non-hydrogen) atoms. The normalized spacial score (nSPS) is 12.0. The average Bonchev–Trinajstić information content (AvgIpc) is 2.72. The first-order chi connectivity index (χ1) is 13.4. The molecule has 1 nitrogen and oxygen atoms in total. The Morgan fingerprint density at radius 2 is 1.29 bits per heavy atom. The van der Waals surface area contributed by atoms with Crippen molar-refractivity contribution in [1.82, 2.24) is 0 Å². The highest BCUT2D eigenvalue weighted by Crippen LogP contribution is 2.39. The summed E-state index contributed by atoms with van der Waals surface area (Å²) in [5.41, 5.74) is 2.40. The van der Waals surface area contributed by atoms with Gasteiger partial charge >= 0.3 is 8.32 Å².